The van der Waals surface area contributed by atoms with Gasteiger partial charge in [0.05, 0.1) is 5.52 Å². The number of pyridine rings is 1. The number of hydrogen-bond acceptors (Lipinski definition) is 4. The van der Waals surface area contributed by atoms with E-state index in [1.165, 1.54) is 0 Å². The van der Waals surface area contributed by atoms with Crippen LogP contribution in [0.25, 0.3) is 10.9 Å². The molecule has 1 aromatic carbocycles. The summed E-state index contributed by atoms with van der Waals surface area (Å²) in [6.45, 7) is 3.54. The van der Waals surface area contributed by atoms with Crippen molar-refractivity contribution in [1.82, 2.24) is 10.4 Å². The fraction of sp³-hybridized carbons (Fsp3) is 0.400. The molecule has 1 heterocycles. The fourth-order valence-corrected chi connectivity index (χ4v) is 2.16. The van der Waals surface area contributed by atoms with Gasteiger partial charge in [-0.15, -0.1) is 0 Å². The molecule has 19 heavy (non-hydrogen) atoms. The van der Waals surface area contributed by atoms with Gasteiger partial charge < -0.3 is 4.74 Å². The molecule has 2 aromatic rings. The molecule has 0 amide bonds. The minimum absolute atomic E-state index is 0.123. The van der Waals surface area contributed by atoms with E-state index in [9.17, 15) is 0 Å². The van der Waals surface area contributed by atoms with E-state index in [2.05, 4.69) is 22.5 Å². The van der Waals surface area contributed by atoms with Crippen LogP contribution in [-0.2, 0) is 4.74 Å². The Morgan fingerprint density at radius 3 is 3.00 bits per heavy atom. The summed E-state index contributed by atoms with van der Waals surface area (Å²) in [4.78, 5) is 4.47. The lowest BCUT2D eigenvalue weighted by atomic mass is 10.0. The Morgan fingerprint density at radius 1 is 1.37 bits per heavy atom. The first-order valence-electron chi connectivity index (χ1n) is 6.73. The Morgan fingerprint density at radius 2 is 2.21 bits per heavy atom. The standard InChI is InChI=1S/C15H21N3O/c1-2-19-9-5-8-15(18-16)13-10-12-6-3-4-7-14(12)17-11-13/h3-4,6-7,10-11,15,18H,2,5,8-9,16H2,1H3. The maximum Gasteiger partial charge on any atom is 0.0702 e. The Kier molecular flexibility index (Phi) is 5.27. The van der Waals surface area contributed by atoms with Crippen molar-refractivity contribution >= 4 is 10.9 Å². The molecule has 0 bridgehead atoms. The summed E-state index contributed by atoms with van der Waals surface area (Å²) in [6.07, 6.45) is 3.82. The van der Waals surface area contributed by atoms with Crippen LogP contribution in [0.15, 0.2) is 36.5 Å². The van der Waals surface area contributed by atoms with E-state index in [0.29, 0.717) is 0 Å². The molecule has 0 fully saturated rings. The average molecular weight is 259 g/mol. The predicted molar refractivity (Wildman–Crippen MR) is 77.5 cm³/mol. The van der Waals surface area contributed by atoms with Gasteiger partial charge in [-0.3, -0.25) is 16.3 Å². The molecule has 0 saturated carbocycles. The number of hydrazine groups is 1. The van der Waals surface area contributed by atoms with Crippen LogP contribution < -0.4 is 11.3 Å². The first kappa shape index (κ1) is 13.9. The van der Waals surface area contributed by atoms with E-state index in [1.54, 1.807) is 0 Å². The van der Waals surface area contributed by atoms with Crippen molar-refractivity contribution in [2.24, 2.45) is 5.84 Å². The van der Waals surface area contributed by atoms with Gasteiger partial charge in [-0.1, -0.05) is 18.2 Å². The first-order valence-corrected chi connectivity index (χ1v) is 6.73. The molecule has 4 heteroatoms. The Balaban J connectivity index is 2.07. The summed E-state index contributed by atoms with van der Waals surface area (Å²) in [5, 5.41) is 1.14. The fourth-order valence-electron chi connectivity index (χ4n) is 2.16. The molecule has 2 rings (SSSR count). The number of hydrogen-bond donors (Lipinski definition) is 2. The summed E-state index contributed by atoms with van der Waals surface area (Å²) in [5.74, 6) is 5.65. The zero-order valence-corrected chi connectivity index (χ0v) is 11.3. The van der Waals surface area contributed by atoms with Crippen LogP contribution in [-0.4, -0.2) is 18.2 Å². The SMILES string of the molecule is CCOCCCC(NN)c1cnc2ccccc2c1. The van der Waals surface area contributed by atoms with Crippen LogP contribution in [0.2, 0.25) is 0 Å². The number of para-hydroxylation sites is 1. The number of nitrogens with two attached hydrogens (primary N) is 1. The van der Waals surface area contributed by atoms with E-state index < -0.39 is 0 Å². The van der Waals surface area contributed by atoms with Gasteiger partial charge in [0.25, 0.3) is 0 Å². The number of fused-ring (bicyclic) bond motifs is 1. The molecule has 0 radical (unpaired) electrons. The van der Waals surface area contributed by atoms with Crippen LogP contribution in [0.5, 0.6) is 0 Å². The summed E-state index contributed by atoms with van der Waals surface area (Å²) < 4.78 is 5.35. The zero-order chi connectivity index (χ0) is 13.5. The van der Waals surface area contributed by atoms with Crippen LogP contribution >= 0.6 is 0 Å². The second-order valence-electron chi connectivity index (χ2n) is 4.52. The summed E-state index contributed by atoms with van der Waals surface area (Å²) in [5.41, 5.74) is 5.00. The van der Waals surface area contributed by atoms with Gasteiger partial charge in [-0.05, 0) is 37.5 Å². The number of rotatable bonds is 7. The van der Waals surface area contributed by atoms with Gasteiger partial charge >= 0.3 is 0 Å². The molecule has 4 nitrogen and oxygen atoms in total. The van der Waals surface area contributed by atoms with E-state index in [-0.39, 0.29) is 6.04 Å². The van der Waals surface area contributed by atoms with E-state index in [4.69, 9.17) is 10.6 Å². The maximum atomic E-state index is 5.65. The molecule has 102 valence electrons. The molecule has 3 N–H and O–H groups in total. The number of nitrogens with zero attached hydrogens (tertiary/aromatic N) is 1. The van der Waals surface area contributed by atoms with Crippen molar-refractivity contribution in [3.8, 4) is 0 Å². The Bertz CT molecular complexity index is 515. The summed E-state index contributed by atoms with van der Waals surface area (Å²) in [7, 11) is 0. The largest absolute Gasteiger partial charge is 0.382 e. The van der Waals surface area contributed by atoms with Crippen molar-refractivity contribution in [1.29, 1.82) is 0 Å². The van der Waals surface area contributed by atoms with Crippen molar-refractivity contribution in [3.63, 3.8) is 0 Å². The third-order valence-corrected chi connectivity index (χ3v) is 3.20. The molecular formula is C15H21N3O. The lowest BCUT2D eigenvalue weighted by molar-refractivity contribution is 0.141. The average Bonchev–Trinajstić information content (AvgIpc) is 2.47. The van der Waals surface area contributed by atoms with Gasteiger partial charge in [-0.25, -0.2) is 0 Å². The number of aromatic nitrogens is 1. The molecule has 0 aliphatic rings. The van der Waals surface area contributed by atoms with E-state index in [1.807, 2.05) is 31.3 Å². The zero-order valence-electron chi connectivity index (χ0n) is 11.3. The monoisotopic (exact) mass is 259 g/mol. The number of nitrogens with one attached hydrogen (secondary N) is 1. The minimum atomic E-state index is 0.123. The topological polar surface area (TPSA) is 60.2 Å². The summed E-state index contributed by atoms with van der Waals surface area (Å²) in [6, 6.07) is 10.4. The van der Waals surface area contributed by atoms with Crippen molar-refractivity contribution in [2.45, 2.75) is 25.8 Å². The molecule has 1 aromatic heterocycles. The van der Waals surface area contributed by atoms with Gasteiger partial charge in [0.2, 0.25) is 0 Å². The smallest absolute Gasteiger partial charge is 0.0702 e. The van der Waals surface area contributed by atoms with Crippen molar-refractivity contribution < 1.29 is 4.74 Å². The van der Waals surface area contributed by atoms with Gasteiger partial charge in [0.1, 0.15) is 0 Å². The first-order chi connectivity index (χ1) is 9.35. The highest BCUT2D eigenvalue weighted by Gasteiger charge is 2.10. The third kappa shape index (κ3) is 3.73. The molecular weight excluding hydrogens is 238 g/mol. The van der Waals surface area contributed by atoms with Crippen molar-refractivity contribution in [2.75, 3.05) is 13.2 Å². The highest BCUT2D eigenvalue weighted by Crippen LogP contribution is 2.21. The van der Waals surface area contributed by atoms with Crippen LogP contribution in [0.1, 0.15) is 31.4 Å². The van der Waals surface area contributed by atoms with E-state index >= 15 is 0 Å². The normalized spacial score (nSPS) is 12.7. The number of benzene rings is 1. The molecule has 0 aliphatic carbocycles. The van der Waals surface area contributed by atoms with Crippen LogP contribution in [0.4, 0.5) is 0 Å². The second-order valence-corrected chi connectivity index (χ2v) is 4.52. The Hall–Kier alpha value is -1.49. The number of ether oxygens (including phenoxy) is 1. The molecule has 1 unspecified atom stereocenters. The highest BCUT2D eigenvalue weighted by atomic mass is 16.5. The quantitative estimate of drug-likeness (QED) is 0.456. The second kappa shape index (κ2) is 7.19. The highest BCUT2D eigenvalue weighted by molar-refractivity contribution is 5.78. The maximum absolute atomic E-state index is 5.65. The van der Waals surface area contributed by atoms with Gasteiger partial charge in [0, 0.05) is 30.8 Å². The van der Waals surface area contributed by atoms with Gasteiger partial charge in [-0.2, -0.15) is 0 Å². The molecule has 1 atom stereocenters. The molecule has 0 aliphatic heterocycles. The third-order valence-electron chi connectivity index (χ3n) is 3.20. The van der Waals surface area contributed by atoms with Crippen LogP contribution in [0, 0.1) is 0 Å². The predicted octanol–water partition coefficient (Wildman–Crippen LogP) is 2.56. The lowest BCUT2D eigenvalue weighted by Gasteiger charge is -2.16. The van der Waals surface area contributed by atoms with Crippen LogP contribution in [0.3, 0.4) is 0 Å². The molecule has 0 saturated heterocycles. The van der Waals surface area contributed by atoms with E-state index in [0.717, 1.165) is 42.5 Å². The lowest BCUT2D eigenvalue weighted by Crippen LogP contribution is -2.28. The minimum Gasteiger partial charge on any atom is -0.382 e. The van der Waals surface area contributed by atoms with Gasteiger partial charge in [0.15, 0.2) is 0 Å². The molecule has 0 spiro atoms. The Labute approximate surface area is 113 Å². The summed E-state index contributed by atoms with van der Waals surface area (Å²) >= 11 is 0. The van der Waals surface area contributed by atoms with Crippen molar-refractivity contribution in [3.05, 3.63) is 42.1 Å².